The molecule has 3 aromatic rings. The van der Waals surface area contributed by atoms with Crippen LogP contribution in [0.1, 0.15) is 37.4 Å². The maximum absolute atomic E-state index is 12.2. The Labute approximate surface area is 175 Å². The molecule has 3 aromatic carbocycles. The summed E-state index contributed by atoms with van der Waals surface area (Å²) in [4.78, 5) is 23.6. The van der Waals surface area contributed by atoms with E-state index >= 15 is 0 Å². The molecule has 0 unspecified atom stereocenters. The van der Waals surface area contributed by atoms with Crippen molar-refractivity contribution in [1.82, 2.24) is 5.43 Å². The molecule has 1 N–H and O–H groups in total. The molecule has 6 heteroatoms. The van der Waals surface area contributed by atoms with Gasteiger partial charge >= 0.3 is 5.97 Å². The van der Waals surface area contributed by atoms with E-state index < -0.39 is 5.97 Å². The van der Waals surface area contributed by atoms with Gasteiger partial charge in [0, 0.05) is 5.56 Å². The van der Waals surface area contributed by atoms with E-state index in [4.69, 9.17) is 4.74 Å². The van der Waals surface area contributed by atoms with Gasteiger partial charge in [-0.2, -0.15) is 5.10 Å². The Bertz CT molecular complexity index is 1020. The number of esters is 1. The van der Waals surface area contributed by atoms with Gasteiger partial charge < -0.3 is 9.47 Å². The van der Waals surface area contributed by atoms with Gasteiger partial charge in [0.1, 0.15) is 12.4 Å². The van der Waals surface area contributed by atoms with Crippen LogP contribution in [0.25, 0.3) is 0 Å². The van der Waals surface area contributed by atoms with E-state index in [-0.39, 0.29) is 5.91 Å². The van der Waals surface area contributed by atoms with Crippen molar-refractivity contribution in [2.45, 2.75) is 13.5 Å². The first-order valence-electron chi connectivity index (χ1n) is 9.35. The minimum atomic E-state index is -0.403. The highest BCUT2D eigenvalue weighted by molar-refractivity contribution is 5.95. The zero-order chi connectivity index (χ0) is 21.3. The number of amides is 1. The quantitative estimate of drug-likeness (QED) is 0.366. The van der Waals surface area contributed by atoms with Crippen LogP contribution in [0.3, 0.4) is 0 Å². The molecular weight excluding hydrogens is 380 g/mol. The summed E-state index contributed by atoms with van der Waals surface area (Å²) < 4.78 is 10.4. The summed E-state index contributed by atoms with van der Waals surface area (Å²) in [5, 5.41) is 3.95. The largest absolute Gasteiger partial charge is 0.489 e. The average Bonchev–Trinajstić information content (AvgIpc) is 2.79. The first kappa shape index (κ1) is 20.8. The van der Waals surface area contributed by atoms with E-state index in [0.29, 0.717) is 17.7 Å². The van der Waals surface area contributed by atoms with Crippen molar-refractivity contribution in [1.29, 1.82) is 0 Å². The zero-order valence-corrected chi connectivity index (χ0v) is 16.8. The fraction of sp³-hybridized carbons (Fsp3) is 0.125. The predicted molar refractivity (Wildman–Crippen MR) is 115 cm³/mol. The zero-order valence-electron chi connectivity index (χ0n) is 16.8. The van der Waals surface area contributed by atoms with E-state index in [1.807, 2.05) is 43.3 Å². The Kier molecular flexibility index (Phi) is 6.95. The third-order valence-electron chi connectivity index (χ3n) is 4.35. The molecule has 1 amide bonds. The topological polar surface area (TPSA) is 77.0 Å². The number of methoxy groups -OCH3 is 1. The number of carbonyl (C=O) groups excluding carboxylic acids is 2. The fourth-order valence-electron chi connectivity index (χ4n) is 2.61. The summed E-state index contributed by atoms with van der Waals surface area (Å²) in [6.45, 7) is 2.45. The van der Waals surface area contributed by atoms with Crippen LogP contribution in [0.4, 0.5) is 0 Å². The van der Waals surface area contributed by atoms with Gasteiger partial charge in [-0.15, -0.1) is 0 Å². The number of nitrogens with zero attached hydrogens (tertiary/aromatic N) is 1. The third-order valence-corrected chi connectivity index (χ3v) is 4.35. The molecule has 152 valence electrons. The Morgan fingerprint density at radius 2 is 1.53 bits per heavy atom. The Morgan fingerprint density at radius 1 is 0.900 bits per heavy atom. The van der Waals surface area contributed by atoms with Crippen LogP contribution in [-0.4, -0.2) is 25.2 Å². The average molecular weight is 402 g/mol. The van der Waals surface area contributed by atoms with Crippen LogP contribution in [0.5, 0.6) is 5.75 Å². The molecule has 0 saturated heterocycles. The summed E-state index contributed by atoms with van der Waals surface area (Å²) in [6, 6.07) is 21.7. The second-order valence-electron chi connectivity index (χ2n) is 6.61. The van der Waals surface area contributed by atoms with Crippen molar-refractivity contribution >= 4 is 18.1 Å². The number of aryl methyl sites for hydroxylation is 1. The molecule has 0 bridgehead atoms. The third kappa shape index (κ3) is 5.78. The summed E-state index contributed by atoms with van der Waals surface area (Å²) in [7, 11) is 1.33. The summed E-state index contributed by atoms with van der Waals surface area (Å²) >= 11 is 0. The van der Waals surface area contributed by atoms with Gasteiger partial charge in [0.05, 0.1) is 18.9 Å². The van der Waals surface area contributed by atoms with Crippen molar-refractivity contribution in [2.24, 2.45) is 5.10 Å². The second kappa shape index (κ2) is 10.0. The van der Waals surface area contributed by atoms with E-state index in [1.165, 1.54) is 18.9 Å². The molecule has 3 rings (SSSR count). The van der Waals surface area contributed by atoms with Crippen LogP contribution in [-0.2, 0) is 11.3 Å². The molecule has 6 nitrogen and oxygen atoms in total. The molecule has 0 aliphatic carbocycles. The molecule has 0 fully saturated rings. The summed E-state index contributed by atoms with van der Waals surface area (Å²) in [6.07, 6.45) is 1.50. The number of carbonyl (C=O) groups is 2. The molecule has 0 saturated carbocycles. The molecular formula is C24H22N2O4. The van der Waals surface area contributed by atoms with Crippen molar-refractivity contribution in [3.8, 4) is 5.75 Å². The number of benzene rings is 3. The van der Waals surface area contributed by atoms with E-state index in [1.54, 1.807) is 36.4 Å². The minimum Gasteiger partial charge on any atom is -0.489 e. The lowest BCUT2D eigenvalue weighted by atomic mass is 10.1. The number of nitrogens with one attached hydrogen (secondary N) is 1. The normalized spacial score (nSPS) is 10.6. The first-order chi connectivity index (χ1) is 14.5. The maximum atomic E-state index is 12.2. The molecule has 0 aliphatic rings. The van der Waals surface area contributed by atoms with E-state index in [0.717, 1.165) is 16.9 Å². The van der Waals surface area contributed by atoms with Crippen molar-refractivity contribution < 1.29 is 19.1 Å². The highest BCUT2D eigenvalue weighted by Crippen LogP contribution is 2.14. The molecule has 0 heterocycles. The molecule has 0 aliphatic heterocycles. The van der Waals surface area contributed by atoms with Crippen molar-refractivity contribution in [3.05, 3.63) is 101 Å². The van der Waals surface area contributed by atoms with Crippen LogP contribution in [0, 0.1) is 6.92 Å². The number of ether oxygens (including phenoxy) is 2. The number of hydrogen-bond acceptors (Lipinski definition) is 5. The molecule has 30 heavy (non-hydrogen) atoms. The predicted octanol–water partition coefficient (Wildman–Crippen LogP) is 4.12. The molecule has 0 spiro atoms. The molecule has 0 radical (unpaired) electrons. The van der Waals surface area contributed by atoms with Gasteiger partial charge in [-0.25, -0.2) is 10.2 Å². The first-order valence-corrected chi connectivity index (χ1v) is 9.35. The standard InChI is InChI=1S/C24H22N2O4/c1-17-3-13-22(14-4-17)30-16-19-7-9-20(10-8-19)23(27)26-25-15-18-5-11-21(12-6-18)24(28)29-2/h3-15H,16H2,1-2H3,(H,26,27)/b25-15-. The van der Waals surface area contributed by atoms with Gasteiger partial charge in [-0.3, -0.25) is 4.79 Å². The highest BCUT2D eigenvalue weighted by atomic mass is 16.5. The molecule has 0 aromatic heterocycles. The highest BCUT2D eigenvalue weighted by Gasteiger charge is 2.05. The lowest BCUT2D eigenvalue weighted by Gasteiger charge is -2.07. The number of rotatable bonds is 7. The maximum Gasteiger partial charge on any atom is 0.337 e. The fourth-order valence-corrected chi connectivity index (χ4v) is 2.61. The summed E-state index contributed by atoms with van der Waals surface area (Å²) in [5.74, 6) is 0.0827. The van der Waals surface area contributed by atoms with Crippen molar-refractivity contribution in [3.63, 3.8) is 0 Å². The smallest absolute Gasteiger partial charge is 0.337 e. The van der Waals surface area contributed by atoms with Crippen LogP contribution < -0.4 is 10.2 Å². The van der Waals surface area contributed by atoms with E-state index in [2.05, 4.69) is 15.3 Å². The Morgan fingerprint density at radius 3 is 2.17 bits per heavy atom. The second-order valence-corrected chi connectivity index (χ2v) is 6.61. The van der Waals surface area contributed by atoms with Gasteiger partial charge in [-0.1, -0.05) is 42.0 Å². The van der Waals surface area contributed by atoms with Crippen LogP contribution in [0.15, 0.2) is 77.9 Å². The number of hydrogen-bond donors (Lipinski definition) is 1. The summed E-state index contributed by atoms with van der Waals surface area (Å²) in [5.41, 5.74) is 6.31. The SMILES string of the molecule is COC(=O)c1ccc(/C=N\NC(=O)c2ccc(COc3ccc(C)cc3)cc2)cc1. The Balaban J connectivity index is 1.51. The minimum absolute atomic E-state index is 0.316. The van der Waals surface area contributed by atoms with Crippen molar-refractivity contribution in [2.75, 3.05) is 7.11 Å². The van der Waals surface area contributed by atoms with Gasteiger partial charge in [0.15, 0.2) is 0 Å². The lowest BCUT2D eigenvalue weighted by Crippen LogP contribution is -2.17. The van der Waals surface area contributed by atoms with Gasteiger partial charge in [0.2, 0.25) is 0 Å². The molecule has 0 atom stereocenters. The van der Waals surface area contributed by atoms with E-state index in [9.17, 15) is 9.59 Å². The number of hydrazone groups is 1. The monoisotopic (exact) mass is 402 g/mol. The van der Waals surface area contributed by atoms with Gasteiger partial charge in [0.25, 0.3) is 5.91 Å². The lowest BCUT2D eigenvalue weighted by molar-refractivity contribution is 0.0600. The Hall–Kier alpha value is -3.93. The van der Waals surface area contributed by atoms with Crippen LogP contribution >= 0.6 is 0 Å². The van der Waals surface area contributed by atoms with Gasteiger partial charge in [-0.05, 0) is 54.4 Å². The van der Waals surface area contributed by atoms with Crippen LogP contribution in [0.2, 0.25) is 0 Å².